The van der Waals surface area contributed by atoms with E-state index in [4.69, 9.17) is 0 Å². The standard InChI is InChI=1S/C18H16N2O2/c1-11(2)15-8-14(21)9-16-17(15)18(22)20(10-19-16)13-6-4-12(3)5-7-13/h4-10,21H,1H2,2-3H3. The molecule has 0 fully saturated rings. The summed E-state index contributed by atoms with van der Waals surface area (Å²) in [4.78, 5) is 17.2. The molecule has 3 rings (SSSR count). The predicted octanol–water partition coefficient (Wildman–Crippen LogP) is 3.43. The Morgan fingerprint density at radius 1 is 1.23 bits per heavy atom. The fraction of sp³-hybridized carbons (Fsp3) is 0.111. The molecule has 4 nitrogen and oxygen atoms in total. The molecule has 1 heterocycles. The van der Waals surface area contributed by atoms with Gasteiger partial charge in [0, 0.05) is 6.07 Å². The first-order valence-corrected chi connectivity index (χ1v) is 6.94. The van der Waals surface area contributed by atoms with Crippen molar-refractivity contribution in [2.24, 2.45) is 0 Å². The van der Waals surface area contributed by atoms with E-state index in [1.54, 1.807) is 13.0 Å². The summed E-state index contributed by atoms with van der Waals surface area (Å²) in [6.45, 7) is 7.68. The van der Waals surface area contributed by atoms with Crippen LogP contribution in [0, 0.1) is 6.92 Å². The quantitative estimate of drug-likeness (QED) is 0.787. The molecule has 0 spiro atoms. The van der Waals surface area contributed by atoms with Gasteiger partial charge in [0.1, 0.15) is 12.1 Å². The molecule has 0 radical (unpaired) electrons. The van der Waals surface area contributed by atoms with Crippen molar-refractivity contribution in [2.75, 3.05) is 0 Å². The van der Waals surface area contributed by atoms with Gasteiger partial charge in [0.25, 0.3) is 5.56 Å². The SMILES string of the molecule is C=C(C)c1cc(O)cc2ncn(-c3ccc(C)cc3)c(=O)c12. The van der Waals surface area contributed by atoms with E-state index < -0.39 is 0 Å². The van der Waals surface area contributed by atoms with E-state index in [0.717, 1.165) is 11.3 Å². The van der Waals surface area contributed by atoms with Crippen LogP contribution in [0.15, 0.2) is 54.1 Å². The normalized spacial score (nSPS) is 10.8. The third-order valence-electron chi connectivity index (χ3n) is 3.62. The van der Waals surface area contributed by atoms with Gasteiger partial charge in [-0.15, -0.1) is 0 Å². The predicted molar refractivity (Wildman–Crippen MR) is 88.4 cm³/mol. The third kappa shape index (κ3) is 2.29. The summed E-state index contributed by atoms with van der Waals surface area (Å²) >= 11 is 0. The van der Waals surface area contributed by atoms with Crippen LogP contribution in [0.4, 0.5) is 0 Å². The highest BCUT2D eigenvalue weighted by molar-refractivity contribution is 5.91. The molecule has 2 aromatic carbocycles. The maximum absolute atomic E-state index is 12.9. The minimum absolute atomic E-state index is 0.0745. The van der Waals surface area contributed by atoms with Crippen LogP contribution in [0.5, 0.6) is 5.75 Å². The van der Waals surface area contributed by atoms with Gasteiger partial charge in [-0.1, -0.05) is 29.8 Å². The summed E-state index contributed by atoms with van der Waals surface area (Å²) in [5.41, 5.74) is 3.50. The second kappa shape index (κ2) is 5.15. The molecule has 0 saturated carbocycles. The average molecular weight is 292 g/mol. The smallest absolute Gasteiger partial charge is 0.266 e. The van der Waals surface area contributed by atoms with Gasteiger partial charge in [-0.2, -0.15) is 0 Å². The highest BCUT2D eigenvalue weighted by Gasteiger charge is 2.12. The van der Waals surface area contributed by atoms with Crippen LogP contribution >= 0.6 is 0 Å². The van der Waals surface area contributed by atoms with Crippen molar-refractivity contribution in [1.29, 1.82) is 0 Å². The number of nitrogens with zero attached hydrogens (tertiary/aromatic N) is 2. The Morgan fingerprint density at radius 3 is 2.55 bits per heavy atom. The van der Waals surface area contributed by atoms with E-state index in [2.05, 4.69) is 11.6 Å². The highest BCUT2D eigenvalue weighted by atomic mass is 16.3. The maximum Gasteiger partial charge on any atom is 0.266 e. The summed E-state index contributed by atoms with van der Waals surface area (Å²) in [5.74, 6) is 0.0745. The number of hydrogen-bond donors (Lipinski definition) is 1. The van der Waals surface area contributed by atoms with Crippen molar-refractivity contribution >= 4 is 16.5 Å². The Kier molecular flexibility index (Phi) is 3.29. The molecular weight excluding hydrogens is 276 g/mol. The lowest BCUT2D eigenvalue weighted by molar-refractivity contribution is 0.476. The number of aromatic nitrogens is 2. The number of allylic oxidation sites excluding steroid dienone is 1. The van der Waals surface area contributed by atoms with E-state index in [1.165, 1.54) is 17.0 Å². The second-order valence-corrected chi connectivity index (χ2v) is 5.42. The zero-order valence-electron chi connectivity index (χ0n) is 12.5. The van der Waals surface area contributed by atoms with Crippen LogP contribution in [-0.4, -0.2) is 14.7 Å². The molecule has 0 aliphatic carbocycles. The molecule has 3 aromatic rings. The van der Waals surface area contributed by atoms with Gasteiger partial charge in [-0.25, -0.2) is 4.98 Å². The van der Waals surface area contributed by atoms with Crippen LogP contribution < -0.4 is 5.56 Å². The Morgan fingerprint density at radius 2 is 1.91 bits per heavy atom. The van der Waals surface area contributed by atoms with Gasteiger partial charge in [-0.3, -0.25) is 9.36 Å². The molecule has 0 bridgehead atoms. The molecule has 22 heavy (non-hydrogen) atoms. The lowest BCUT2D eigenvalue weighted by Gasteiger charge is -2.10. The minimum Gasteiger partial charge on any atom is -0.508 e. The molecule has 0 aliphatic rings. The van der Waals surface area contributed by atoms with Crippen LogP contribution in [-0.2, 0) is 0 Å². The Balaban J connectivity index is 2.36. The van der Waals surface area contributed by atoms with Gasteiger partial charge in [0.2, 0.25) is 0 Å². The van der Waals surface area contributed by atoms with Gasteiger partial charge in [0.05, 0.1) is 16.6 Å². The van der Waals surface area contributed by atoms with Crippen LogP contribution in [0.3, 0.4) is 0 Å². The topological polar surface area (TPSA) is 55.1 Å². The zero-order chi connectivity index (χ0) is 15.9. The van der Waals surface area contributed by atoms with Gasteiger partial charge >= 0.3 is 0 Å². The summed E-state index contributed by atoms with van der Waals surface area (Å²) in [6, 6.07) is 10.7. The molecule has 110 valence electrons. The van der Waals surface area contributed by atoms with Gasteiger partial charge in [-0.05, 0) is 37.6 Å². The van der Waals surface area contributed by atoms with Crippen molar-refractivity contribution in [3.05, 3.63) is 70.8 Å². The lowest BCUT2D eigenvalue weighted by Crippen LogP contribution is -2.19. The fourth-order valence-corrected chi connectivity index (χ4v) is 2.46. The molecular formula is C18H16N2O2. The largest absolute Gasteiger partial charge is 0.508 e. The summed E-state index contributed by atoms with van der Waals surface area (Å²) in [5, 5.41) is 10.2. The maximum atomic E-state index is 12.9. The van der Waals surface area contributed by atoms with Crippen molar-refractivity contribution in [1.82, 2.24) is 9.55 Å². The van der Waals surface area contributed by atoms with Crippen molar-refractivity contribution < 1.29 is 5.11 Å². The number of benzene rings is 2. The van der Waals surface area contributed by atoms with E-state index in [1.807, 2.05) is 31.2 Å². The Bertz CT molecular complexity index is 938. The van der Waals surface area contributed by atoms with Crippen LogP contribution in [0.1, 0.15) is 18.1 Å². The molecule has 1 N–H and O–H groups in total. The fourth-order valence-electron chi connectivity index (χ4n) is 2.46. The minimum atomic E-state index is -0.174. The summed E-state index contributed by atoms with van der Waals surface area (Å²) < 4.78 is 1.51. The second-order valence-electron chi connectivity index (χ2n) is 5.42. The molecule has 0 saturated heterocycles. The number of fused-ring (bicyclic) bond motifs is 1. The third-order valence-corrected chi connectivity index (χ3v) is 3.62. The van der Waals surface area contributed by atoms with Crippen LogP contribution in [0.25, 0.3) is 22.2 Å². The van der Waals surface area contributed by atoms with Crippen LogP contribution in [0.2, 0.25) is 0 Å². The summed E-state index contributed by atoms with van der Waals surface area (Å²) in [7, 11) is 0. The molecule has 0 amide bonds. The molecule has 0 atom stereocenters. The first-order valence-electron chi connectivity index (χ1n) is 6.94. The molecule has 0 unspecified atom stereocenters. The van der Waals surface area contributed by atoms with E-state index in [9.17, 15) is 9.90 Å². The number of aromatic hydroxyl groups is 1. The van der Waals surface area contributed by atoms with E-state index in [0.29, 0.717) is 22.0 Å². The van der Waals surface area contributed by atoms with Gasteiger partial charge in [0.15, 0.2) is 0 Å². The zero-order valence-corrected chi connectivity index (χ0v) is 12.5. The monoisotopic (exact) mass is 292 g/mol. The van der Waals surface area contributed by atoms with Crippen molar-refractivity contribution in [3.8, 4) is 11.4 Å². The molecule has 0 aliphatic heterocycles. The molecule has 4 heteroatoms. The van der Waals surface area contributed by atoms with E-state index >= 15 is 0 Å². The van der Waals surface area contributed by atoms with Crippen molar-refractivity contribution in [3.63, 3.8) is 0 Å². The Labute approximate surface area is 128 Å². The first kappa shape index (κ1) is 14.1. The van der Waals surface area contributed by atoms with E-state index in [-0.39, 0.29) is 11.3 Å². The average Bonchev–Trinajstić information content (AvgIpc) is 2.48. The number of aryl methyl sites for hydroxylation is 1. The lowest BCUT2D eigenvalue weighted by atomic mass is 10.0. The first-order chi connectivity index (χ1) is 10.5. The summed E-state index contributed by atoms with van der Waals surface area (Å²) in [6.07, 6.45) is 1.48. The van der Waals surface area contributed by atoms with Crippen molar-refractivity contribution in [2.45, 2.75) is 13.8 Å². The Hall–Kier alpha value is -2.88. The number of rotatable bonds is 2. The highest BCUT2D eigenvalue weighted by Crippen LogP contribution is 2.25. The molecule has 1 aromatic heterocycles. The number of hydrogen-bond acceptors (Lipinski definition) is 3. The van der Waals surface area contributed by atoms with Gasteiger partial charge < -0.3 is 5.11 Å². The number of phenolic OH excluding ortho intramolecular Hbond substituents is 1. The number of phenols is 1.